The van der Waals surface area contributed by atoms with Gasteiger partial charge in [0.1, 0.15) is 5.01 Å². The second-order valence-electron chi connectivity index (χ2n) is 3.77. The molecule has 17 heavy (non-hydrogen) atoms. The van der Waals surface area contributed by atoms with Crippen LogP contribution in [0.25, 0.3) is 0 Å². The van der Waals surface area contributed by atoms with E-state index >= 15 is 0 Å². The first kappa shape index (κ1) is 12.3. The van der Waals surface area contributed by atoms with E-state index in [-0.39, 0.29) is 0 Å². The summed E-state index contributed by atoms with van der Waals surface area (Å²) in [5.41, 5.74) is 2.77. The Morgan fingerprint density at radius 3 is 2.53 bits per heavy atom. The van der Waals surface area contributed by atoms with E-state index in [2.05, 4.69) is 20.3 Å². The van der Waals surface area contributed by atoms with Crippen molar-refractivity contribution in [2.45, 2.75) is 27.3 Å². The third-order valence-electron chi connectivity index (χ3n) is 2.34. The summed E-state index contributed by atoms with van der Waals surface area (Å²) in [5, 5.41) is 6.59. The van der Waals surface area contributed by atoms with Crippen LogP contribution in [0.15, 0.2) is 5.38 Å². The lowest BCUT2D eigenvalue weighted by molar-refractivity contribution is 1.00. The van der Waals surface area contributed by atoms with Gasteiger partial charge in [0.05, 0.1) is 17.9 Å². The SMILES string of the molecule is Cc1csc(CNc2nc(C)c(C)nc2Cl)n1. The summed E-state index contributed by atoms with van der Waals surface area (Å²) in [6.07, 6.45) is 0. The molecule has 0 spiro atoms. The zero-order chi connectivity index (χ0) is 12.4. The summed E-state index contributed by atoms with van der Waals surface area (Å²) in [7, 11) is 0. The number of rotatable bonds is 3. The van der Waals surface area contributed by atoms with Crippen molar-refractivity contribution < 1.29 is 0 Å². The fourth-order valence-corrected chi connectivity index (χ4v) is 2.28. The standard InChI is InChI=1S/C11H13ClN4S/c1-6-5-17-9(14-6)4-13-11-10(12)15-7(2)8(3)16-11/h5H,4H2,1-3H3,(H,13,16). The smallest absolute Gasteiger partial charge is 0.171 e. The van der Waals surface area contributed by atoms with Gasteiger partial charge in [-0.05, 0) is 20.8 Å². The Hall–Kier alpha value is -1.20. The van der Waals surface area contributed by atoms with Crippen molar-refractivity contribution in [1.29, 1.82) is 0 Å². The van der Waals surface area contributed by atoms with Crippen molar-refractivity contribution in [3.63, 3.8) is 0 Å². The highest BCUT2D eigenvalue weighted by Gasteiger charge is 2.07. The first-order chi connectivity index (χ1) is 8.06. The maximum Gasteiger partial charge on any atom is 0.171 e. The zero-order valence-electron chi connectivity index (χ0n) is 9.91. The van der Waals surface area contributed by atoms with Crippen molar-refractivity contribution in [1.82, 2.24) is 15.0 Å². The average molecular weight is 269 g/mol. The minimum atomic E-state index is 0.404. The largest absolute Gasteiger partial charge is 0.361 e. The van der Waals surface area contributed by atoms with Crippen LogP contribution in [0.1, 0.15) is 22.1 Å². The topological polar surface area (TPSA) is 50.7 Å². The molecule has 0 radical (unpaired) electrons. The molecule has 2 heterocycles. The summed E-state index contributed by atoms with van der Waals surface area (Å²) in [6.45, 7) is 6.40. The monoisotopic (exact) mass is 268 g/mol. The quantitative estimate of drug-likeness (QED) is 0.929. The van der Waals surface area contributed by atoms with Gasteiger partial charge in [0, 0.05) is 11.1 Å². The third-order valence-corrected chi connectivity index (χ3v) is 3.57. The summed E-state index contributed by atoms with van der Waals surface area (Å²) in [5.74, 6) is 0.614. The van der Waals surface area contributed by atoms with Crippen molar-refractivity contribution in [3.05, 3.63) is 32.6 Å². The van der Waals surface area contributed by atoms with Crippen LogP contribution in [-0.2, 0) is 6.54 Å². The molecule has 0 saturated heterocycles. The van der Waals surface area contributed by atoms with Gasteiger partial charge in [-0.15, -0.1) is 11.3 Å². The van der Waals surface area contributed by atoms with Gasteiger partial charge in [0.25, 0.3) is 0 Å². The highest BCUT2D eigenvalue weighted by atomic mass is 35.5. The van der Waals surface area contributed by atoms with Crippen LogP contribution in [-0.4, -0.2) is 15.0 Å². The molecule has 1 N–H and O–H groups in total. The van der Waals surface area contributed by atoms with Gasteiger partial charge in [0.15, 0.2) is 11.0 Å². The summed E-state index contributed by atoms with van der Waals surface area (Å²) >= 11 is 7.64. The predicted octanol–water partition coefficient (Wildman–Crippen LogP) is 3.12. The molecule has 2 aromatic rings. The molecule has 0 fully saturated rings. The van der Waals surface area contributed by atoms with Crippen LogP contribution < -0.4 is 5.32 Å². The molecule has 0 aliphatic heterocycles. The average Bonchev–Trinajstić information content (AvgIpc) is 2.68. The molecule has 0 unspecified atom stereocenters. The van der Waals surface area contributed by atoms with E-state index in [1.54, 1.807) is 11.3 Å². The van der Waals surface area contributed by atoms with Crippen molar-refractivity contribution in [3.8, 4) is 0 Å². The summed E-state index contributed by atoms with van der Waals surface area (Å²) in [4.78, 5) is 12.9. The molecule has 2 aromatic heterocycles. The van der Waals surface area contributed by atoms with Gasteiger partial charge >= 0.3 is 0 Å². The number of nitrogens with zero attached hydrogens (tertiary/aromatic N) is 3. The molecule has 90 valence electrons. The molecule has 2 rings (SSSR count). The maximum absolute atomic E-state index is 6.02. The Bertz CT molecular complexity index is 538. The Labute approximate surface area is 109 Å². The van der Waals surface area contributed by atoms with E-state index < -0.39 is 0 Å². The lowest BCUT2D eigenvalue weighted by Gasteiger charge is -2.07. The lowest BCUT2D eigenvalue weighted by atomic mass is 10.3. The molecule has 0 atom stereocenters. The van der Waals surface area contributed by atoms with Gasteiger partial charge in [-0.25, -0.2) is 15.0 Å². The van der Waals surface area contributed by atoms with Crippen LogP contribution in [0.3, 0.4) is 0 Å². The molecule has 0 amide bonds. The molecular weight excluding hydrogens is 256 g/mol. The lowest BCUT2D eigenvalue weighted by Crippen LogP contribution is -2.05. The Balaban J connectivity index is 2.11. The molecule has 0 aliphatic rings. The number of hydrogen-bond donors (Lipinski definition) is 1. The highest BCUT2D eigenvalue weighted by molar-refractivity contribution is 7.09. The van der Waals surface area contributed by atoms with Crippen molar-refractivity contribution in [2.24, 2.45) is 0 Å². The van der Waals surface area contributed by atoms with Gasteiger partial charge in [-0.3, -0.25) is 0 Å². The number of aromatic nitrogens is 3. The van der Waals surface area contributed by atoms with E-state index in [0.717, 1.165) is 22.1 Å². The zero-order valence-corrected chi connectivity index (χ0v) is 11.5. The van der Waals surface area contributed by atoms with Crippen LogP contribution in [0.5, 0.6) is 0 Å². The Kier molecular flexibility index (Phi) is 3.59. The number of nitrogens with one attached hydrogen (secondary N) is 1. The number of thiazole rings is 1. The van der Waals surface area contributed by atoms with E-state index in [1.165, 1.54) is 0 Å². The second kappa shape index (κ2) is 4.98. The number of anilines is 1. The van der Waals surface area contributed by atoms with Gasteiger partial charge in [-0.2, -0.15) is 0 Å². The first-order valence-electron chi connectivity index (χ1n) is 5.22. The molecule has 0 saturated carbocycles. The van der Waals surface area contributed by atoms with Crippen LogP contribution in [0.4, 0.5) is 5.82 Å². The van der Waals surface area contributed by atoms with Crippen molar-refractivity contribution >= 4 is 28.8 Å². The third kappa shape index (κ3) is 2.92. The predicted molar refractivity (Wildman–Crippen MR) is 70.7 cm³/mol. The number of aryl methyl sites for hydroxylation is 3. The highest BCUT2D eigenvalue weighted by Crippen LogP contribution is 2.19. The maximum atomic E-state index is 6.02. The minimum Gasteiger partial charge on any atom is -0.361 e. The second-order valence-corrected chi connectivity index (χ2v) is 5.07. The Morgan fingerprint density at radius 2 is 1.88 bits per heavy atom. The van der Waals surface area contributed by atoms with E-state index in [0.29, 0.717) is 17.5 Å². The van der Waals surface area contributed by atoms with Gasteiger partial charge < -0.3 is 5.32 Å². The number of halogens is 1. The normalized spacial score (nSPS) is 10.6. The molecule has 4 nitrogen and oxygen atoms in total. The van der Waals surface area contributed by atoms with E-state index in [1.807, 2.05) is 26.2 Å². The van der Waals surface area contributed by atoms with E-state index in [9.17, 15) is 0 Å². The Morgan fingerprint density at radius 1 is 1.18 bits per heavy atom. The number of hydrogen-bond acceptors (Lipinski definition) is 5. The van der Waals surface area contributed by atoms with Crippen molar-refractivity contribution in [2.75, 3.05) is 5.32 Å². The molecule has 0 aliphatic carbocycles. The fourth-order valence-electron chi connectivity index (χ4n) is 1.33. The van der Waals surface area contributed by atoms with Gasteiger partial charge in [-0.1, -0.05) is 11.6 Å². The van der Waals surface area contributed by atoms with Gasteiger partial charge in [0.2, 0.25) is 0 Å². The van der Waals surface area contributed by atoms with Crippen LogP contribution in [0, 0.1) is 20.8 Å². The molecule has 0 bridgehead atoms. The molecule has 0 aromatic carbocycles. The molecule has 6 heteroatoms. The van der Waals surface area contributed by atoms with Crippen LogP contribution in [0.2, 0.25) is 5.15 Å². The molecular formula is C11H13ClN4S. The first-order valence-corrected chi connectivity index (χ1v) is 6.47. The van der Waals surface area contributed by atoms with E-state index in [4.69, 9.17) is 11.6 Å². The summed E-state index contributed by atoms with van der Waals surface area (Å²) < 4.78 is 0. The fraction of sp³-hybridized carbons (Fsp3) is 0.364. The minimum absolute atomic E-state index is 0.404. The summed E-state index contributed by atoms with van der Waals surface area (Å²) in [6, 6.07) is 0. The van der Waals surface area contributed by atoms with Crippen LogP contribution >= 0.6 is 22.9 Å².